The lowest BCUT2D eigenvalue weighted by molar-refractivity contribution is -0.122. The zero-order valence-corrected chi connectivity index (χ0v) is 16.4. The molecule has 6 heteroatoms. The summed E-state index contributed by atoms with van der Waals surface area (Å²) in [7, 11) is 0. The fourth-order valence-corrected chi connectivity index (χ4v) is 4.62. The second kappa shape index (κ2) is 6.96. The third-order valence-electron chi connectivity index (χ3n) is 4.76. The molecule has 2 heterocycles. The highest BCUT2D eigenvalue weighted by Crippen LogP contribution is 2.37. The van der Waals surface area contributed by atoms with E-state index < -0.39 is 0 Å². The van der Waals surface area contributed by atoms with Crippen molar-refractivity contribution in [2.24, 2.45) is 0 Å². The van der Waals surface area contributed by atoms with E-state index in [9.17, 15) is 4.79 Å². The van der Waals surface area contributed by atoms with Crippen LogP contribution in [0.25, 0.3) is 16.8 Å². The molecule has 0 spiro atoms. The number of hydrogen-bond acceptors (Lipinski definition) is 5. The molecule has 3 aromatic rings. The lowest BCUT2D eigenvalue weighted by Crippen LogP contribution is -2.27. The van der Waals surface area contributed by atoms with E-state index in [0.29, 0.717) is 21.5 Å². The first-order valence-corrected chi connectivity index (χ1v) is 10.0. The number of benzene rings is 3. The van der Waals surface area contributed by atoms with Gasteiger partial charge in [0, 0.05) is 0 Å². The van der Waals surface area contributed by atoms with E-state index in [4.69, 9.17) is 21.7 Å². The third-order valence-corrected chi connectivity index (χ3v) is 6.14. The Morgan fingerprint density at radius 1 is 1.04 bits per heavy atom. The number of thioether (sulfide) groups is 1. The molecule has 1 fully saturated rings. The third kappa shape index (κ3) is 3.04. The summed E-state index contributed by atoms with van der Waals surface area (Å²) in [5.41, 5.74) is 1.97. The van der Waals surface area contributed by atoms with Gasteiger partial charge in [-0.05, 0) is 40.1 Å². The summed E-state index contributed by atoms with van der Waals surface area (Å²) in [6.07, 6.45) is 1.93. The van der Waals surface area contributed by atoms with Gasteiger partial charge in [-0.25, -0.2) is 0 Å². The Morgan fingerprint density at radius 3 is 2.79 bits per heavy atom. The molecule has 0 saturated carbocycles. The molecule has 4 nitrogen and oxygen atoms in total. The number of hydrogen-bond donors (Lipinski definition) is 0. The Kier molecular flexibility index (Phi) is 4.30. The van der Waals surface area contributed by atoms with Crippen molar-refractivity contribution in [1.29, 1.82) is 0 Å². The number of fused-ring (bicyclic) bond motifs is 2. The van der Waals surface area contributed by atoms with Crippen molar-refractivity contribution in [2.45, 2.75) is 6.54 Å². The zero-order chi connectivity index (χ0) is 19.1. The minimum absolute atomic E-state index is 0.0689. The summed E-state index contributed by atoms with van der Waals surface area (Å²) in [6.45, 7) is 0.641. The van der Waals surface area contributed by atoms with Crippen LogP contribution in [0, 0.1) is 0 Å². The molecule has 1 saturated heterocycles. The van der Waals surface area contributed by atoms with Crippen LogP contribution in [0.2, 0.25) is 0 Å². The van der Waals surface area contributed by atoms with Gasteiger partial charge in [-0.2, -0.15) is 0 Å². The number of ether oxygens (including phenoxy) is 2. The summed E-state index contributed by atoms with van der Waals surface area (Å²) < 4.78 is 11.3. The van der Waals surface area contributed by atoms with Crippen LogP contribution in [0.1, 0.15) is 11.1 Å². The first-order chi connectivity index (χ1) is 13.7. The molecule has 2 aliphatic heterocycles. The molecule has 5 rings (SSSR count). The maximum absolute atomic E-state index is 13.0. The van der Waals surface area contributed by atoms with E-state index in [2.05, 4.69) is 18.2 Å². The fourth-order valence-electron chi connectivity index (χ4n) is 3.38. The predicted molar refractivity (Wildman–Crippen MR) is 115 cm³/mol. The normalized spacial score (nSPS) is 17.1. The summed E-state index contributed by atoms with van der Waals surface area (Å²) in [5.74, 6) is 1.36. The van der Waals surface area contributed by atoms with Crippen LogP contribution in [-0.4, -0.2) is 21.9 Å². The fraction of sp³-hybridized carbons (Fsp3) is 0.0909. The number of amides is 1. The van der Waals surface area contributed by atoms with Crippen molar-refractivity contribution in [3.05, 3.63) is 76.7 Å². The van der Waals surface area contributed by atoms with Gasteiger partial charge in [0.15, 0.2) is 11.5 Å². The number of carbonyl (C=O) groups is 1. The Morgan fingerprint density at radius 2 is 1.86 bits per heavy atom. The molecule has 0 radical (unpaired) electrons. The molecule has 28 heavy (non-hydrogen) atoms. The lowest BCUT2D eigenvalue weighted by Gasteiger charge is -2.14. The second-order valence-corrected chi connectivity index (χ2v) is 8.20. The Balaban J connectivity index is 1.43. The van der Waals surface area contributed by atoms with E-state index in [-0.39, 0.29) is 12.7 Å². The van der Waals surface area contributed by atoms with Crippen LogP contribution in [-0.2, 0) is 11.3 Å². The molecular weight excluding hydrogens is 390 g/mol. The first kappa shape index (κ1) is 17.3. The molecule has 0 atom stereocenters. The van der Waals surface area contributed by atoms with Crippen LogP contribution < -0.4 is 9.47 Å². The van der Waals surface area contributed by atoms with Gasteiger partial charge in [-0.15, -0.1) is 0 Å². The van der Waals surface area contributed by atoms with Gasteiger partial charge in [0.25, 0.3) is 5.91 Å². The van der Waals surface area contributed by atoms with Crippen LogP contribution >= 0.6 is 24.0 Å². The Bertz CT molecular complexity index is 1150. The monoisotopic (exact) mass is 405 g/mol. The largest absolute Gasteiger partial charge is 0.454 e. The molecular formula is C22H15NO3S2. The molecule has 2 aliphatic rings. The quantitative estimate of drug-likeness (QED) is 0.454. The smallest absolute Gasteiger partial charge is 0.266 e. The van der Waals surface area contributed by atoms with Crippen molar-refractivity contribution in [3.8, 4) is 11.5 Å². The predicted octanol–water partition coefficient (Wildman–Crippen LogP) is 4.97. The van der Waals surface area contributed by atoms with Crippen molar-refractivity contribution >= 4 is 51.1 Å². The van der Waals surface area contributed by atoms with E-state index in [0.717, 1.165) is 27.6 Å². The number of rotatable bonds is 3. The minimum atomic E-state index is -0.0689. The first-order valence-electron chi connectivity index (χ1n) is 8.81. The SMILES string of the molecule is O=C1C(=Cc2cccc3ccccc23)SC(=S)N1Cc1ccc2c(c1)OCO2. The van der Waals surface area contributed by atoms with Crippen LogP contribution in [0.15, 0.2) is 65.6 Å². The molecule has 0 aliphatic carbocycles. The van der Waals surface area contributed by atoms with Gasteiger partial charge < -0.3 is 9.47 Å². The Labute approximate surface area is 171 Å². The van der Waals surface area contributed by atoms with Gasteiger partial charge in [-0.1, -0.05) is 72.5 Å². The minimum Gasteiger partial charge on any atom is -0.454 e. The maximum Gasteiger partial charge on any atom is 0.266 e. The number of thiocarbonyl (C=S) groups is 1. The molecule has 0 N–H and O–H groups in total. The molecule has 138 valence electrons. The van der Waals surface area contributed by atoms with Crippen LogP contribution in [0.5, 0.6) is 11.5 Å². The van der Waals surface area contributed by atoms with Crippen LogP contribution in [0.4, 0.5) is 0 Å². The topological polar surface area (TPSA) is 38.8 Å². The summed E-state index contributed by atoms with van der Waals surface area (Å²) in [4.78, 5) is 15.3. The van der Waals surface area contributed by atoms with Gasteiger partial charge in [0.05, 0.1) is 11.4 Å². The van der Waals surface area contributed by atoms with Crippen molar-refractivity contribution in [1.82, 2.24) is 4.90 Å². The van der Waals surface area contributed by atoms with E-state index in [1.165, 1.54) is 11.8 Å². The zero-order valence-electron chi connectivity index (χ0n) is 14.8. The van der Waals surface area contributed by atoms with Gasteiger partial charge in [0.1, 0.15) is 4.32 Å². The maximum atomic E-state index is 13.0. The Hall–Kier alpha value is -2.83. The molecule has 1 amide bonds. The average Bonchev–Trinajstić information content (AvgIpc) is 3.28. The summed E-state index contributed by atoms with van der Waals surface area (Å²) in [6, 6.07) is 19.9. The second-order valence-electron chi connectivity index (χ2n) is 6.52. The van der Waals surface area contributed by atoms with E-state index in [1.807, 2.05) is 48.5 Å². The highest BCUT2D eigenvalue weighted by atomic mass is 32.2. The summed E-state index contributed by atoms with van der Waals surface area (Å²) in [5, 5.41) is 2.26. The van der Waals surface area contributed by atoms with Gasteiger partial charge in [0.2, 0.25) is 6.79 Å². The van der Waals surface area contributed by atoms with E-state index in [1.54, 1.807) is 4.90 Å². The molecule has 0 aromatic heterocycles. The number of carbonyl (C=O) groups excluding carboxylic acids is 1. The van der Waals surface area contributed by atoms with E-state index >= 15 is 0 Å². The molecule has 0 bridgehead atoms. The molecule has 0 unspecified atom stereocenters. The molecule has 3 aromatic carbocycles. The standard InChI is InChI=1S/C22H15NO3S2/c24-21-20(11-16-6-3-5-15-4-1-2-7-17(15)16)28-22(27)23(21)12-14-8-9-18-19(10-14)26-13-25-18/h1-11H,12-13H2. The van der Waals surface area contributed by atoms with Crippen molar-refractivity contribution in [2.75, 3.05) is 6.79 Å². The van der Waals surface area contributed by atoms with Crippen LogP contribution in [0.3, 0.4) is 0 Å². The van der Waals surface area contributed by atoms with Crippen molar-refractivity contribution < 1.29 is 14.3 Å². The highest BCUT2D eigenvalue weighted by Gasteiger charge is 2.32. The highest BCUT2D eigenvalue weighted by molar-refractivity contribution is 8.26. The average molecular weight is 406 g/mol. The summed E-state index contributed by atoms with van der Waals surface area (Å²) >= 11 is 6.82. The van der Waals surface area contributed by atoms with Crippen molar-refractivity contribution in [3.63, 3.8) is 0 Å². The van der Waals surface area contributed by atoms with Gasteiger partial charge in [-0.3, -0.25) is 9.69 Å². The number of nitrogens with zero attached hydrogens (tertiary/aromatic N) is 1. The lowest BCUT2D eigenvalue weighted by atomic mass is 10.0. The van der Waals surface area contributed by atoms with Gasteiger partial charge >= 0.3 is 0 Å².